The van der Waals surface area contributed by atoms with Gasteiger partial charge in [0.05, 0.1) is 48.0 Å². The SMILES string of the molecule is C#CCCN(C)[C@H]1C[C@@H](C)O[C@@H](OC)[C@@]1(O)C[C@@]1(OC)C[C@@H](C)C(=O)[C@]2(C)C3C(=O)O[C@](C)([C@@H](CC)OC(=O)[C@H](C)[C@@H](O[C@H]4C[C@@](C)(OC)[C@@H](O)[C@H](C)O4)[C@H](NCCO)C1)[C@H]32. The number of ether oxygens (including phenoxy) is 8. The molecule has 0 bridgehead atoms. The Kier molecular flexibility index (Phi) is 15.5. The van der Waals surface area contributed by atoms with E-state index in [1.807, 2.05) is 32.7 Å². The van der Waals surface area contributed by atoms with Crippen LogP contribution in [0.15, 0.2) is 0 Å². The fourth-order valence-corrected chi connectivity index (χ4v) is 11.7. The highest BCUT2D eigenvalue weighted by molar-refractivity contribution is 5.99. The number of hydrogen-bond acceptors (Lipinski definition) is 16. The summed E-state index contributed by atoms with van der Waals surface area (Å²) in [5, 5.41) is 37.9. The van der Waals surface area contributed by atoms with Crippen LogP contribution in [0.4, 0.5) is 0 Å². The first-order chi connectivity index (χ1) is 28.6. The normalized spacial score (nSPS) is 46.9. The van der Waals surface area contributed by atoms with Crippen molar-refractivity contribution in [3.8, 4) is 12.3 Å². The molecule has 1 unspecified atom stereocenters. The average molecular weight is 867 g/mol. The summed E-state index contributed by atoms with van der Waals surface area (Å²) >= 11 is 0. The molecule has 0 aromatic rings. The number of fused-ring (bicyclic) bond motifs is 1. The van der Waals surface area contributed by atoms with Crippen LogP contribution in [0.25, 0.3) is 0 Å². The molecule has 4 heterocycles. The van der Waals surface area contributed by atoms with Crippen molar-refractivity contribution in [1.29, 1.82) is 0 Å². The first kappa shape index (κ1) is 49.7. The number of carbonyl (C=O) groups excluding carboxylic acids is 3. The number of ketones is 1. The molecule has 16 heteroatoms. The quantitative estimate of drug-likeness (QED) is 0.146. The van der Waals surface area contributed by atoms with Crippen LogP contribution in [0.1, 0.15) is 100 Å². The molecule has 348 valence electrons. The smallest absolute Gasteiger partial charge is 0.311 e. The van der Waals surface area contributed by atoms with Gasteiger partial charge in [-0.25, -0.2) is 0 Å². The Labute approximate surface area is 362 Å². The van der Waals surface area contributed by atoms with Gasteiger partial charge in [0, 0.05) is 83.0 Å². The van der Waals surface area contributed by atoms with E-state index in [0.29, 0.717) is 25.8 Å². The molecule has 18 atom stereocenters. The van der Waals surface area contributed by atoms with Crippen LogP contribution >= 0.6 is 0 Å². The lowest BCUT2D eigenvalue weighted by molar-refractivity contribution is -0.306. The molecular weight excluding hydrogens is 792 g/mol. The molecule has 0 amide bonds. The average Bonchev–Trinajstić information content (AvgIpc) is 3.78. The Bertz CT molecular complexity index is 1610. The van der Waals surface area contributed by atoms with Gasteiger partial charge in [-0.15, -0.1) is 12.3 Å². The van der Waals surface area contributed by atoms with Crippen LogP contribution in [-0.4, -0.2) is 164 Å². The summed E-state index contributed by atoms with van der Waals surface area (Å²) in [6, 6.07) is -1.36. The van der Waals surface area contributed by atoms with Gasteiger partial charge in [-0.05, 0) is 67.3 Å². The summed E-state index contributed by atoms with van der Waals surface area (Å²) in [5.41, 5.74) is -6.60. The number of methoxy groups -OCH3 is 3. The number of cyclic esters (lactones) is 1. The number of nitrogens with zero attached hydrogens (tertiary/aromatic N) is 1. The third kappa shape index (κ3) is 9.18. The lowest BCUT2D eigenvalue weighted by Gasteiger charge is -2.54. The zero-order valence-electron chi connectivity index (χ0n) is 38.4. The third-order valence-corrected chi connectivity index (χ3v) is 15.1. The molecule has 5 aliphatic rings. The van der Waals surface area contributed by atoms with Crippen LogP contribution in [0, 0.1) is 41.4 Å². The molecule has 16 nitrogen and oxygen atoms in total. The maximum Gasteiger partial charge on any atom is 0.311 e. The number of rotatable bonds is 14. The lowest BCUT2D eigenvalue weighted by Crippen LogP contribution is -2.67. The summed E-state index contributed by atoms with van der Waals surface area (Å²) < 4.78 is 50.1. The van der Waals surface area contributed by atoms with Crippen molar-refractivity contribution in [3.63, 3.8) is 0 Å². The molecule has 0 radical (unpaired) electrons. The fourth-order valence-electron chi connectivity index (χ4n) is 11.7. The number of terminal acetylenes is 1. The van der Waals surface area contributed by atoms with Gasteiger partial charge in [-0.1, -0.05) is 20.8 Å². The molecule has 4 aliphatic heterocycles. The van der Waals surface area contributed by atoms with Crippen LogP contribution in [0.5, 0.6) is 0 Å². The first-order valence-electron chi connectivity index (χ1n) is 22.1. The van der Waals surface area contributed by atoms with Crippen molar-refractivity contribution >= 4 is 17.7 Å². The number of Topliss-reactive ketones (excluding diaryl/α,β-unsaturated/α-hetero) is 1. The number of nitrogens with one attached hydrogen (secondary N) is 1. The highest BCUT2D eigenvalue weighted by Crippen LogP contribution is 2.71. The van der Waals surface area contributed by atoms with Crippen molar-refractivity contribution in [3.05, 3.63) is 0 Å². The Morgan fingerprint density at radius 3 is 2.28 bits per heavy atom. The summed E-state index contributed by atoms with van der Waals surface area (Å²) in [7, 11) is 6.39. The van der Waals surface area contributed by atoms with E-state index in [9.17, 15) is 29.7 Å². The van der Waals surface area contributed by atoms with Gasteiger partial charge >= 0.3 is 11.9 Å². The van der Waals surface area contributed by atoms with Gasteiger partial charge in [0.1, 0.15) is 23.6 Å². The summed E-state index contributed by atoms with van der Waals surface area (Å²) in [6.45, 7) is 14.5. The number of hydrogen-bond donors (Lipinski definition) is 4. The number of likely N-dealkylation sites (N-methyl/N-ethyl adjacent to an activating group) is 1. The molecule has 1 aliphatic carbocycles. The fraction of sp³-hybridized carbons (Fsp3) is 0.889. The molecule has 1 saturated carbocycles. The lowest BCUT2D eigenvalue weighted by atomic mass is 9.69. The number of esters is 2. The van der Waals surface area contributed by atoms with E-state index in [1.165, 1.54) is 21.3 Å². The molecule has 61 heavy (non-hydrogen) atoms. The van der Waals surface area contributed by atoms with Gasteiger partial charge in [-0.2, -0.15) is 0 Å². The van der Waals surface area contributed by atoms with E-state index in [2.05, 4.69) is 11.2 Å². The Hall–Kier alpha value is -2.27. The first-order valence-corrected chi connectivity index (χ1v) is 22.1. The van der Waals surface area contributed by atoms with Gasteiger partial charge in [-0.3, -0.25) is 19.3 Å². The molecule has 0 spiro atoms. The highest BCUT2D eigenvalue weighted by Gasteiger charge is 2.82. The molecule has 5 rings (SSSR count). The Morgan fingerprint density at radius 1 is 1.00 bits per heavy atom. The summed E-state index contributed by atoms with van der Waals surface area (Å²) in [4.78, 5) is 45.3. The molecule has 4 N–H and O–H groups in total. The van der Waals surface area contributed by atoms with Crippen LogP contribution in [0.3, 0.4) is 0 Å². The van der Waals surface area contributed by atoms with E-state index in [-0.39, 0.29) is 50.7 Å². The number of aliphatic hydroxyl groups excluding tert-OH is 2. The topological polar surface area (TPSA) is 201 Å². The molecule has 0 aromatic carbocycles. The van der Waals surface area contributed by atoms with E-state index < -0.39 is 113 Å². The predicted octanol–water partition coefficient (Wildman–Crippen LogP) is 2.36. The van der Waals surface area contributed by atoms with E-state index in [4.69, 9.17) is 44.3 Å². The van der Waals surface area contributed by atoms with Crippen molar-refractivity contribution < 1.29 is 67.6 Å². The van der Waals surface area contributed by atoms with Gasteiger partial charge in [0.25, 0.3) is 0 Å². The second-order valence-corrected chi connectivity index (χ2v) is 19.2. The number of carbonyl (C=O) groups is 3. The van der Waals surface area contributed by atoms with Crippen molar-refractivity contribution in [2.75, 3.05) is 48.1 Å². The Balaban J connectivity index is 1.69. The molecule has 5 fully saturated rings. The van der Waals surface area contributed by atoms with Crippen molar-refractivity contribution in [1.82, 2.24) is 10.2 Å². The standard InChI is InChI=1S/C45H74N2O14/c1-14-16-18-47(10)30-20-26(4)57-40(54-11)45(30,53)24-44(56-13)21-25(3)36(49)42(8)33-35(42)43(9,61-39(33)52)31(15-2)59-38(51)27(5)34(29(22-44)46-17-19-48)60-32-23-41(7,55-12)37(50)28(6)58-32/h1,25-35,37,40,46,48,50,53H,15-24H2,2-13H3/t25-,26-,27-,28+,29-,30+,31-,32+,33?,34-,35-,37+,40-,41-,42-,43-,44-,45-/m1/s1. The molecular formula is C45H74N2O14. The van der Waals surface area contributed by atoms with E-state index in [1.54, 1.807) is 34.6 Å². The number of aliphatic hydroxyl groups is 3. The largest absolute Gasteiger partial charge is 0.458 e. The van der Waals surface area contributed by atoms with Crippen LogP contribution < -0.4 is 5.32 Å². The second kappa shape index (κ2) is 19.1. The summed E-state index contributed by atoms with van der Waals surface area (Å²) in [5.74, 6) is -1.64. The van der Waals surface area contributed by atoms with Gasteiger partial charge < -0.3 is 58.5 Å². The van der Waals surface area contributed by atoms with Crippen LogP contribution in [-0.2, 0) is 52.3 Å². The molecule has 4 saturated heterocycles. The maximum absolute atomic E-state index is 15.0. The van der Waals surface area contributed by atoms with E-state index in [0.717, 1.165) is 0 Å². The zero-order valence-corrected chi connectivity index (χ0v) is 38.4. The maximum atomic E-state index is 15.0. The van der Waals surface area contributed by atoms with Crippen molar-refractivity contribution in [2.45, 2.75) is 178 Å². The second-order valence-electron chi connectivity index (χ2n) is 19.2. The minimum absolute atomic E-state index is 0.0332. The highest BCUT2D eigenvalue weighted by atomic mass is 16.7. The van der Waals surface area contributed by atoms with Crippen molar-refractivity contribution in [2.24, 2.45) is 29.1 Å². The minimum Gasteiger partial charge on any atom is -0.458 e. The zero-order chi connectivity index (χ0) is 45.5. The molecule has 0 aromatic heterocycles. The third-order valence-electron chi connectivity index (χ3n) is 15.1. The van der Waals surface area contributed by atoms with Crippen LogP contribution in [0.2, 0.25) is 0 Å². The Morgan fingerprint density at radius 2 is 1.69 bits per heavy atom. The van der Waals surface area contributed by atoms with E-state index >= 15 is 0 Å². The minimum atomic E-state index is -1.74. The van der Waals surface area contributed by atoms with Gasteiger partial charge in [0.15, 0.2) is 18.2 Å². The monoisotopic (exact) mass is 867 g/mol. The summed E-state index contributed by atoms with van der Waals surface area (Å²) in [6.07, 6.45) is 0.914. The van der Waals surface area contributed by atoms with Gasteiger partial charge in [0.2, 0.25) is 0 Å². The predicted molar refractivity (Wildman–Crippen MR) is 222 cm³/mol.